The fraction of sp³-hybridized carbons (Fsp3) is 0.941. The average molecular weight is 408 g/mol. The first-order chi connectivity index (χ1) is 9.82. The molecular weight excluding hydrogens is 379 g/mol. The van der Waals surface area contributed by atoms with Crippen molar-refractivity contribution in [3.63, 3.8) is 0 Å². The van der Waals surface area contributed by atoms with Crippen LogP contribution in [0, 0.1) is 11.3 Å². The van der Waals surface area contributed by atoms with Gasteiger partial charge in [0.15, 0.2) is 0 Å². The summed E-state index contributed by atoms with van der Waals surface area (Å²) < 4.78 is 11.4. The van der Waals surface area contributed by atoms with Gasteiger partial charge < -0.3 is 9.47 Å². The molecule has 0 aromatic rings. The number of halogens is 1. The molecule has 2 fully saturated rings. The molecule has 0 aromatic heterocycles. The summed E-state index contributed by atoms with van der Waals surface area (Å²) in [6, 6.07) is 0. The minimum absolute atomic E-state index is 0.0789. The first kappa shape index (κ1) is 17.5. The first-order valence-corrected chi connectivity index (χ1v) is 9.45. The number of hydrogen-bond donors (Lipinski definition) is 0. The van der Waals surface area contributed by atoms with Gasteiger partial charge in [0.05, 0.1) is 6.10 Å². The number of alkyl halides is 1. The lowest BCUT2D eigenvalue weighted by atomic mass is 9.71. The highest BCUT2D eigenvalue weighted by molar-refractivity contribution is 14.1. The highest BCUT2D eigenvalue weighted by Crippen LogP contribution is 2.50. The summed E-state index contributed by atoms with van der Waals surface area (Å²) in [5, 5.41) is 0. The Morgan fingerprint density at radius 2 is 2.05 bits per heavy atom. The Hall–Kier alpha value is 0.160. The van der Waals surface area contributed by atoms with E-state index >= 15 is 0 Å². The van der Waals surface area contributed by atoms with Gasteiger partial charge in [0, 0.05) is 5.41 Å². The SMILES string of the molecule is CCC(C)C(C)(I)C(=O)OC1OC(C)CC12CCCCC2. The Labute approximate surface area is 142 Å². The third-order valence-corrected chi connectivity index (χ3v) is 7.05. The van der Waals surface area contributed by atoms with Gasteiger partial charge in [-0.25, -0.2) is 0 Å². The van der Waals surface area contributed by atoms with E-state index in [0.717, 1.165) is 25.7 Å². The minimum Gasteiger partial charge on any atom is -0.434 e. The van der Waals surface area contributed by atoms with Crippen LogP contribution in [0.5, 0.6) is 0 Å². The molecule has 2 rings (SSSR count). The smallest absolute Gasteiger partial charge is 0.324 e. The Kier molecular flexibility index (Phi) is 5.61. The van der Waals surface area contributed by atoms with Gasteiger partial charge in [-0.1, -0.05) is 62.1 Å². The van der Waals surface area contributed by atoms with E-state index in [0.29, 0.717) is 5.92 Å². The fourth-order valence-electron chi connectivity index (χ4n) is 3.72. The molecule has 0 aromatic carbocycles. The topological polar surface area (TPSA) is 35.5 Å². The summed E-state index contributed by atoms with van der Waals surface area (Å²) in [4.78, 5) is 12.6. The molecule has 1 aliphatic heterocycles. The molecule has 1 saturated heterocycles. The van der Waals surface area contributed by atoms with Crippen molar-refractivity contribution >= 4 is 28.6 Å². The summed E-state index contributed by atoms with van der Waals surface area (Å²) in [6.07, 6.45) is 7.91. The zero-order valence-corrected chi connectivity index (χ0v) is 15.9. The molecule has 3 nitrogen and oxygen atoms in total. The third kappa shape index (κ3) is 3.57. The number of ether oxygens (including phenoxy) is 2. The van der Waals surface area contributed by atoms with Crippen molar-refractivity contribution in [1.29, 1.82) is 0 Å². The van der Waals surface area contributed by atoms with Gasteiger partial charge >= 0.3 is 5.97 Å². The zero-order chi connectivity index (χ0) is 15.7. The van der Waals surface area contributed by atoms with Gasteiger partial charge in [-0.15, -0.1) is 0 Å². The van der Waals surface area contributed by atoms with Gasteiger partial charge in [0.2, 0.25) is 6.29 Å². The summed E-state index contributed by atoms with van der Waals surface area (Å²) in [7, 11) is 0. The van der Waals surface area contributed by atoms with E-state index < -0.39 is 3.42 Å². The molecule has 1 spiro atoms. The van der Waals surface area contributed by atoms with Crippen LogP contribution in [0.1, 0.15) is 72.6 Å². The normalized spacial score (nSPS) is 32.6. The van der Waals surface area contributed by atoms with Crippen LogP contribution >= 0.6 is 22.6 Å². The maximum Gasteiger partial charge on any atom is 0.324 e. The van der Waals surface area contributed by atoms with Crippen molar-refractivity contribution in [2.24, 2.45) is 11.3 Å². The summed E-state index contributed by atoms with van der Waals surface area (Å²) in [5.74, 6) is 0.188. The maximum atomic E-state index is 12.6. The predicted molar refractivity (Wildman–Crippen MR) is 92.4 cm³/mol. The molecular formula is C17H29IO3. The molecule has 21 heavy (non-hydrogen) atoms. The van der Waals surface area contributed by atoms with Crippen LogP contribution in [-0.2, 0) is 14.3 Å². The Bertz CT molecular complexity index is 374. The second kappa shape index (κ2) is 6.73. The Morgan fingerprint density at radius 1 is 1.43 bits per heavy atom. The van der Waals surface area contributed by atoms with Crippen LogP contribution in [0.2, 0.25) is 0 Å². The molecule has 4 atom stereocenters. The van der Waals surface area contributed by atoms with Crippen molar-refractivity contribution < 1.29 is 14.3 Å². The third-order valence-electron chi connectivity index (χ3n) is 5.55. The van der Waals surface area contributed by atoms with E-state index in [4.69, 9.17) is 9.47 Å². The van der Waals surface area contributed by atoms with E-state index in [-0.39, 0.29) is 23.8 Å². The molecule has 4 heteroatoms. The summed E-state index contributed by atoms with van der Waals surface area (Å²) in [5.41, 5.74) is 0.0789. The zero-order valence-electron chi connectivity index (χ0n) is 13.8. The van der Waals surface area contributed by atoms with E-state index in [2.05, 4.69) is 43.4 Å². The van der Waals surface area contributed by atoms with E-state index in [1.807, 2.05) is 6.92 Å². The predicted octanol–water partition coefficient (Wildman–Crippen LogP) is 4.85. The maximum absolute atomic E-state index is 12.6. The number of rotatable bonds is 4. The number of carbonyl (C=O) groups excluding carboxylic acids is 1. The quantitative estimate of drug-likeness (QED) is 0.379. The van der Waals surface area contributed by atoms with Crippen molar-refractivity contribution in [2.75, 3.05) is 0 Å². The molecule has 1 saturated carbocycles. The number of carbonyl (C=O) groups is 1. The second-order valence-electron chi connectivity index (χ2n) is 7.20. The largest absolute Gasteiger partial charge is 0.434 e. The van der Waals surface area contributed by atoms with Crippen molar-refractivity contribution in [3.8, 4) is 0 Å². The first-order valence-electron chi connectivity index (χ1n) is 8.37. The second-order valence-corrected chi connectivity index (χ2v) is 9.44. The van der Waals surface area contributed by atoms with Crippen LogP contribution in [-0.4, -0.2) is 21.8 Å². The Balaban J connectivity index is 2.08. The number of hydrogen-bond acceptors (Lipinski definition) is 3. The van der Waals surface area contributed by atoms with E-state index in [9.17, 15) is 4.79 Å². The van der Waals surface area contributed by atoms with Crippen molar-refractivity contribution in [2.45, 2.75) is 88.5 Å². The number of esters is 1. The summed E-state index contributed by atoms with van der Waals surface area (Å²) >= 11 is 2.25. The highest BCUT2D eigenvalue weighted by Gasteiger charge is 2.51. The average Bonchev–Trinajstić information content (AvgIpc) is 2.73. The molecule has 0 amide bonds. The lowest BCUT2D eigenvalue weighted by Crippen LogP contribution is -2.43. The van der Waals surface area contributed by atoms with Gasteiger partial charge in [-0.05, 0) is 39.0 Å². The van der Waals surface area contributed by atoms with Crippen LogP contribution in [0.15, 0.2) is 0 Å². The summed E-state index contributed by atoms with van der Waals surface area (Å²) in [6.45, 7) is 8.31. The van der Waals surface area contributed by atoms with Gasteiger partial charge in [0.25, 0.3) is 0 Å². The monoisotopic (exact) mass is 408 g/mol. The van der Waals surface area contributed by atoms with Crippen molar-refractivity contribution in [1.82, 2.24) is 0 Å². The molecule has 0 N–H and O–H groups in total. The molecule has 4 unspecified atom stereocenters. The highest BCUT2D eigenvalue weighted by atomic mass is 127. The van der Waals surface area contributed by atoms with Crippen LogP contribution in [0.25, 0.3) is 0 Å². The van der Waals surface area contributed by atoms with E-state index in [1.165, 1.54) is 19.3 Å². The van der Waals surface area contributed by atoms with Gasteiger partial charge in [-0.2, -0.15) is 0 Å². The molecule has 2 aliphatic rings. The van der Waals surface area contributed by atoms with Crippen LogP contribution in [0.3, 0.4) is 0 Å². The van der Waals surface area contributed by atoms with E-state index in [1.54, 1.807) is 0 Å². The standard InChI is InChI=1S/C17H29IO3/c1-5-12(2)16(4,18)14(19)21-15-17(11-13(3)20-15)9-7-6-8-10-17/h12-13,15H,5-11H2,1-4H3. The van der Waals surface area contributed by atoms with Crippen molar-refractivity contribution in [3.05, 3.63) is 0 Å². The molecule has 122 valence electrons. The molecule has 1 heterocycles. The minimum atomic E-state index is -0.475. The lowest BCUT2D eigenvalue weighted by Gasteiger charge is -2.38. The fourth-order valence-corrected chi connectivity index (χ4v) is 4.29. The molecule has 0 radical (unpaired) electrons. The van der Waals surface area contributed by atoms with Crippen LogP contribution < -0.4 is 0 Å². The molecule has 1 aliphatic carbocycles. The molecule has 0 bridgehead atoms. The van der Waals surface area contributed by atoms with Gasteiger partial charge in [-0.3, -0.25) is 4.79 Å². The van der Waals surface area contributed by atoms with Gasteiger partial charge in [0.1, 0.15) is 3.42 Å². The lowest BCUT2D eigenvalue weighted by molar-refractivity contribution is -0.197. The Morgan fingerprint density at radius 3 is 2.62 bits per heavy atom. The van der Waals surface area contributed by atoms with Crippen LogP contribution in [0.4, 0.5) is 0 Å².